The van der Waals surface area contributed by atoms with E-state index < -0.39 is 0 Å². The second-order valence-corrected chi connectivity index (χ2v) is 5.75. The van der Waals surface area contributed by atoms with E-state index in [1.165, 1.54) is 6.42 Å². The lowest BCUT2D eigenvalue weighted by atomic mass is 9.71. The zero-order chi connectivity index (χ0) is 10.5. The molecule has 2 aliphatic rings. The second-order valence-electron chi connectivity index (χ2n) is 4.64. The smallest absolute Gasteiger partial charge is 0.0519 e. The van der Waals surface area contributed by atoms with E-state index in [0.717, 1.165) is 6.54 Å². The van der Waals surface area contributed by atoms with E-state index in [1.54, 1.807) is 0 Å². The summed E-state index contributed by atoms with van der Waals surface area (Å²) in [6.07, 6.45) is 9.84. The molecule has 4 heteroatoms. The first-order chi connectivity index (χ1) is 7.21. The monoisotopic (exact) mass is 315 g/mol. The molecule has 0 unspecified atom stereocenters. The van der Waals surface area contributed by atoms with Crippen LogP contribution >= 0.6 is 22.9 Å². The Hall–Kier alpha value is -0.360. The van der Waals surface area contributed by atoms with Gasteiger partial charge in [0.15, 0.2) is 0 Å². The number of halogens is 1. The third-order valence-corrected chi connectivity index (χ3v) is 5.13. The Morgan fingerprint density at radius 1 is 1.60 bits per heavy atom. The van der Waals surface area contributed by atoms with E-state index >= 15 is 0 Å². The molecule has 1 aromatic rings. The number of aromatic nitrogens is 2. The molecular formula is C11H14IN3. The minimum absolute atomic E-state index is 0.340. The van der Waals surface area contributed by atoms with E-state index in [4.69, 9.17) is 0 Å². The van der Waals surface area contributed by atoms with E-state index in [2.05, 4.69) is 61.0 Å². The van der Waals surface area contributed by atoms with Gasteiger partial charge in [0.2, 0.25) is 0 Å². The maximum Gasteiger partial charge on any atom is 0.0519 e. The lowest BCUT2D eigenvalue weighted by molar-refractivity contribution is 0.246. The Bertz CT molecular complexity index is 387. The normalized spacial score (nSPS) is 39.1. The minimum atomic E-state index is 0.340. The number of hydrogen-bond donors (Lipinski definition) is 0. The fourth-order valence-electron chi connectivity index (χ4n) is 2.79. The molecule has 1 aliphatic heterocycles. The Balaban J connectivity index is 1.84. The van der Waals surface area contributed by atoms with Crippen molar-refractivity contribution in [3.8, 4) is 0 Å². The number of fused-ring (bicyclic) bond motifs is 1. The molecule has 1 fully saturated rings. The molecule has 1 aliphatic carbocycles. The molecule has 0 saturated carbocycles. The zero-order valence-electron chi connectivity index (χ0n) is 8.68. The highest BCUT2D eigenvalue weighted by atomic mass is 127. The standard InChI is InChI=1S/C11H14IN3/c1-9-7-11(4-3-10(11)15(9)12)8-14-6-2-5-13-14/h2-6,9-10H,7-8H2,1H3/t9-,10-,11-/m1/s1. The van der Waals surface area contributed by atoms with Gasteiger partial charge in [0.05, 0.1) is 6.54 Å². The van der Waals surface area contributed by atoms with Gasteiger partial charge in [-0.3, -0.25) is 4.68 Å². The molecule has 0 aromatic carbocycles. The predicted octanol–water partition coefficient (Wildman–Crippen LogP) is 2.25. The predicted molar refractivity (Wildman–Crippen MR) is 67.5 cm³/mol. The summed E-state index contributed by atoms with van der Waals surface area (Å²) in [4.78, 5) is 0. The Kier molecular flexibility index (Phi) is 2.17. The molecule has 0 bridgehead atoms. The number of hydrogen-bond acceptors (Lipinski definition) is 2. The summed E-state index contributed by atoms with van der Waals surface area (Å²) in [5.41, 5.74) is 0.340. The third-order valence-electron chi connectivity index (χ3n) is 3.58. The van der Waals surface area contributed by atoms with Crippen LogP contribution in [0.15, 0.2) is 30.6 Å². The summed E-state index contributed by atoms with van der Waals surface area (Å²) >= 11 is 2.45. The van der Waals surface area contributed by atoms with Gasteiger partial charge in [-0.25, -0.2) is 3.11 Å². The molecule has 0 spiro atoms. The van der Waals surface area contributed by atoms with Gasteiger partial charge in [-0.15, -0.1) is 0 Å². The van der Waals surface area contributed by atoms with E-state index in [-0.39, 0.29) is 0 Å². The van der Waals surface area contributed by atoms with Crippen molar-refractivity contribution in [2.75, 3.05) is 0 Å². The highest BCUT2D eigenvalue weighted by Gasteiger charge is 2.52. The van der Waals surface area contributed by atoms with Gasteiger partial charge < -0.3 is 0 Å². The highest BCUT2D eigenvalue weighted by molar-refractivity contribution is 14.1. The van der Waals surface area contributed by atoms with Crippen LogP contribution in [-0.4, -0.2) is 25.0 Å². The van der Waals surface area contributed by atoms with Crippen LogP contribution in [0, 0.1) is 5.41 Å². The van der Waals surface area contributed by atoms with Crippen LogP contribution in [0.3, 0.4) is 0 Å². The highest BCUT2D eigenvalue weighted by Crippen LogP contribution is 2.51. The van der Waals surface area contributed by atoms with E-state index in [9.17, 15) is 0 Å². The minimum Gasteiger partial charge on any atom is -0.272 e. The van der Waals surface area contributed by atoms with Crippen LogP contribution in [0.4, 0.5) is 0 Å². The van der Waals surface area contributed by atoms with Crippen molar-refractivity contribution in [3.63, 3.8) is 0 Å². The first-order valence-electron chi connectivity index (χ1n) is 5.32. The molecule has 3 rings (SSSR count). The van der Waals surface area contributed by atoms with Gasteiger partial charge >= 0.3 is 0 Å². The van der Waals surface area contributed by atoms with Gasteiger partial charge in [0, 0.05) is 52.8 Å². The molecule has 1 aromatic heterocycles. The second kappa shape index (κ2) is 3.31. The first-order valence-corrected chi connectivity index (χ1v) is 6.29. The topological polar surface area (TPSA) is 21.1 Å². The summed E-state index contributed by atoms with van der Waals surface area (Å²) in [6.45, 7) is 3.32. The SMILES string of the molecule is C[C@@H]1C[C@@]2(Cn3cccn3)C=C[C@H]2N1I. The molecule has 15 heavy (non-hydrogen) atoms. The molecular weight excluding hydrogens is 301 g/mol. The van der Waals surface area contributed by atoms with E-state index in [0.29, 0.717) is 17.5 Å². The molecule has 0 N–H and O–H groups in total. The zero-order valence-corrected chi connectivity index (χ0v) is 10.8. The van der Waals surface area contributed by atoms with Crippen molar-refractivity contribution < 1.29 is 0 Å². The molecule has 0 radical (unpaired) electrons. The van der Waals surface area contributed by atoms with Crippen LogP contribution in [0.1, 0.15) is 13.3 Å². The molecule has 1 saturated heterocycles. The van der Waals surface area contributed by atoms with E-state index in [1.807, 2.05) is 12.3 Å². The summed E-state index contributed by atoms with van der Waals surface area (Å²) < 4.78 is 4.50. The maximum absolute atomic E-state index is 4.31. The lowest BCUT2D eigenvalue weighted by Crippen LogP contribution is -2.42. The summed E-state index contributed by atoms with van der Waals surface area (Å²) in [5.74, 6) is 0. The average Bonchev–Trinajstić information content (AvgIpc) is 2.71. The van der Waals surface area contributed by atoms with Crippen molar-refractivity contribution in [2.45, 2.75) is 32.0 Å². The first kappa shape index (κ1) is 9.84. The van der Waals surface area contributed by atoms with Crippen LogP contribution < -0.4 is 0 Å². The molecule has 2 heterocycles. The van der Waals surface area contributed by atoms with Gasteiger partial charge in [-0.05, 0) is 19.4 Å². The average molecular weight is 315 g/mol. The maximum atomic E-state index is 4.31. The van der Waals surface area contributed by atoms with Gasteiger partial charge in [-0.2, -0.15) is 5.10 Å². The number of nitrogens with zero attached hydrogens (tertiary/aromatic N) is 3. The van der Waals surface area contributed by atoms with Gasteiger partial charge in [0.25, 0.3) is 0 Å². The van der Waals surface area contributed by atoms with Crippen LogP contribution in [0.2, 0.25) is 0 Å². The Morgan fingerprint density at radius 3 is 3.00 bits per heavy atom. The van der Waals surface area contributed by atoms with Crippen molar-refractivity contribution >= 4 is 22.9 Å². The van der Waals surface area contributed by atoms with Crippen LogP contribution in [0.5, 0.6) is 0 Å². The number of rotatable bonds is 2. The third kappa shape index (κ3) is 1.38. The Labute approximate surface area is 104 Å². The van der Waals surface area contributed by atoms with Crippen molar-refractivity contribution in [3.05, 3.63) is 30.6 Å². The van der Waals surface area contributed by atoms with Crippen molar-refractivity contribution in [1.82, 2.24) is 12.9 Å². The fraction of sp³-hybridized carbons (Fsp3) is 0.545. The molecule has 0 amide bonds. The van der Waals surface area contributed by atoms with Gasteiger partial charge in [-0.1, -0.05) is 12.2 Å². The van der Waals surface area contributed by atoms with Crippen LogP contribution in [-0.2, 0) is 6.54 Å². The quantitative estimate of drug-likeness (QED) is 0.474. The summed E-state index contributed by atoms with van der Waals surface area (Å²) in [6, 6.07) is 3.27. The Morgan fingerprint density at radius 2 is 2.47 bits per heavy atom. The van der Waals surface area contributed by atoms with Crippen molar-refractivity contribution in [1.29, 1.82) is 0 Å². The van der Waals surface area contributed by atoms with Crippen LogP contribution in [0.25, 0.3) is 0 Å². The summed E-state index contributed by atoms with van der Waals surface area (Å²) in [5, 5.41) is 4.31. The van der Waals surface area contributed by atoms with Crippen molar-refractivity contribution in [2.24, 2.45) is 5.41 Å². The lowest BCUT2D eigenvalue weighted by Gasteiger charge is -2.39. The summed E-state index contributed by atoms with van der Waals surface area (Å²) in [7, 11) is 0. The molecule has 80 valence electrons. The molecule has 3 atom stereocenters. The molecule has 3 nitrogen and oxygen atoms in total. The fourth-order valence-corrected chi connectivity index (χ4v) is 3.73. The largest absolute Gasteiger partial charge is 0.272 e. The van der Waals surface area contributed by atoms with Gasteiger partial charge in [0.1, 0.15) is 0 Å².